The van der Waals surface area contributed by atoms with Crippen LogP contribution in [0, 0.1) is 6.42 Å². The fourth-order valence-electron chi connectivity index (χ4n) is 0.854. The average molecular weight is 144 g/mol. The smallest absolute Gasteiger partial charge is 0.0567 e. The van der Waals surface area contributed by atoms with E-state index in [1.807, 2.05) is 6.92 Å². The van der Waals surface area contributed by atoms with Gasteiger partial charge in [-0.15, -0.1) is 0 Å². The van der Waals surface area contributed by atoms with E-state index in [2.05, 4.69) is 23.8 Å². The van der Waals surface area contributed by atoms with Crippen LogP contribution < -0.4 is 11.2 Å². The van der Waals surface area contributed by atoms with Gasteiger partial charge >= 0.3 is 0 Å². The van der Waals surface area contributed by atoms with E-state index in [-0.39, 0.29) is 0 Å². The summed E-state index contributed by atoms with van der Waals surface area (Å²) in [5, 5.41) is 2.11. The zero-order valence-electron chi connectivity index (χ0n) is 6.93. The highest BCUT2D eigenvalue weighted by atomic mass is 15.5. The van der Waals surface area contributed by atoms with Gasteiger partial charge in [-0.1, -0.05) is 13.8 Å². The third kappa shape index (κ3) is 4.73. The Bertz CT molecular complexity index is 51.6. The molecule has 0 aromatic heterocycles. The van der Waals surface area contributed by atoms with Gasteiger partial charge in [-0.25, -0.2) is 10.4 Å². The van der Waals surface area contributed by atoms with E-state index in [1.165, 1.54) is 0 Å². The van der Waals surface area contributed by atoms with Crippen LogP contribution in [0.25, 0.3) is 0 Å². The molecule has 0 unspecified atom stereocenters. The Hall–Kier alpha value is -0.120. The zero-order valence-corrected chi connectivity index (χ0v) is 6.93. The summed E-state index contributed by atoms with van der Waals surface area (Å²) in [6.45, 7) is 6.74. The van der Waals surface area contributed by atoms with Crippen molar-refractivity contribution in [3.05, 3.63) is 6.42 Å². The Labute approximate surface area is 63.5 Å². The van der Waals surface area contributed by atoms with Crippen LogP contribution in [0.2, 0.25) is 0 Å². The lowest BCUT2D eigenvalue weighted by atomic mass is 10.4. The van der Waals surface area contributed by atoms with Crippen LogP contribution in [0.5, 0.6) is 0 Å². The van der Waals surface area contributed by atoms with Crippen molar-refractivity contribution in [3.8, 4) is 0 Å². The van der Waals surface area contributed by atoms with Crippen LogP contribution in [0.15, 0.2) is 0 Å². The molecule has 0 bridgehead atoms. The molecule has 0 aliphatic rings. The van der Waals surface area contributed by atoms with Crippen LogP contribution in [0.1, 0.15) is 20.3 Å². The first-order valence-corrected chi connectivity index (χ1v) is 3.81. The molecule has 0 fully saturated rings. The molecule has 0 atom stereocenters. The molecule has 0 aliphatic carbocycles. The zero-order chi connectivity index (χ0) is 7.82. The molecule has 0 aromatic carbocycles. The van der Waals surface area contributed by atoms with E-state index in [9.17, 15) is 0 Å². The SMILES string of the molecule is C[CH]CN(CCC)NCN. The maximum Gasteiger partial charge on any atom is 0.0567 e. The second kappa shape index (κ2) is 6.99. The quantitative estimate of drug-likeness (QED) is 0.417. The third-order valence-electron chi connectivity index (χ3n) is 1.21. The Morgan fingerprint density at radius 2 is 2.30 bits per heavy atom. The predicted octanol–water partition coefficient (Wildman–Crippen LogP) is 0.343. The van der Waals surface area contributed by atoms with Crippen molar-refractivity contribution in [1.29, 1.82) is 0 Å². The lowest BCUT2D eigenvalue weighted by Crippen LogP contribution is -2.42. The first-order chi connectivity index (χ1) is 4.85. The molecular weight excluding hydrogens is 126 g/mol. The third-order valence-corrected chi connectivity index (χ3v) is 1.21. The normalized spacial score (nSPS) is 10.8. The molecule has 0 heterocycles. The number of hydrogen-bond acceptors (Lipinski definition) is 3. The molecule has 0 amide bonds. The first-order valence-electron chi connectivity index (χ1n) is 3.81. The summed E-state index contributed by atoms with van der Waals surface area (Å²) < 4.78 is 0. The summed E-state index contributed by atoms with van der Waals surface area (Å²) in [6.07, 6.45) is 3.26. The maximum atomic E-state index is 5.32. The summed E-state index contributed by atoms with van der Waals surface area (Å²) >= 11 is 0. The van der Waals surface area contributed by atoms with Gasteiger partial charge in [0, 0.05) is 13.1 Å². The standard InChI is InChI=1S/C7H18N3/c1-3-5-10(6-4-2)9-7-8/h3,9H,4-8H2,1-2H3. The highest BCUT2D eigenvalue weighted by Gasteiger charge is 1.97. The van der Waals surface area contributed by atoms with Crippen molar-refractivity contribution < 1.29 is 0 Å². The minimum absolute atomic E-state index is 0.522. The van der Waals surface area contributed by atoms with Crippen molar-refractivity contribution in [3.63, 3.8) is 0 Å². The van der Waals surface area contributed by atoms with E-state index in [4.69, 9.17) is 5.73 Å². The van der Waals surface area contributed by atoms with Gasteiger partial charge in [-0.2, -0.15) is 0 Å². The molecule has 0 aliphatic heterocycles. The molecule has 3 nitrogen and oxygen atoms in total. The van der Waals surface area contributed by atoms with E-state index in [0.717, 1.165) is 19.5 Å². The van der Waals surface area contributed by atoms with Crippen LogP contribution in [0.4, 0.5) is 0 Å². The van der Waals surface area contributed by atoms with Gasteiger partial charge in [0.15, 0.2) is 0 Å². The lowest BCUT2D eigenvalue weighted by molar-refractivity contribution is 0.206. The Kier molecular flexibility index (Phi) is 6.91. The van der Waals surface area contributed by atoms with Gasteiger partial charge in [0.1, 0.15) is 0 Å². The molecule has 3 heteroatoms. The van der Waals surface area contributed by atoms with Gasteiger partial charge in [0.25, 0.3) is 0 Å². The molecule has 0 spiro atoms. The molecular formula is C7H18N3. The Morgan fingerprint density at radius 3 is 2.70 bits per heavy atom. The molecule has 0 saturated heterocycles. The van der Waals surface area contributed by atoms with Crippen LogP contribution in [-0.2, 0) is 0 Å². The summed E-state index contributed by atoms with van der Waals surface area (Å²) in [5.41, 5.74) is 8.39. The molecule has 1 radical (unpaired) electrons. The highest BCUT2D eigenvalue weighted by Crippen LogP contribution is 1.86. The Morgan fingerprint density at radius 1 is 1.60 bits per heavy atom. The monoisotopic (exact) mass is 144 g/mol. The number of nitrogens with two attached hydrogens (primary N) is 1. The van der Waals surface area contributed by atoms with Crippen molar-refractivity contribution in [2.75, 3.05) is 19.8 Å². The first kappa shape index (κ1) is 9.88. The van der Waals surface area contributed by atoms with Gasteiger partial charge in [-0.3, -0.25) is 0 Å². The second-order valence-electron chi connectivity index (χ2n) is 2.22. The molecule has 10 heavy (non-hydrogen) atoms. The Balaban J connectivity index is 3.30. The summed E-state index contributed by atoms with van der Waals surface area (Å²) in [7, 11) is 0. The number of nitrogens with one attached hydrogen (secondary N) is 1. The molecule has 61 valence electrons. The van der Waals surface area contributed by atoms with Gasteiger partial charge in [-0.05, 0) is 12.8 Å². The minimum Gasteiger partial charge on any atom is -0.317 e. The second-order valence-corrected chi connectivity index (χ2v) is 2.22. The molecule has 0 rings (SSSR count). The largest absolute Gasteiger partial charge is 0.317 e. The highest BCUT2D eigenvalue weighted by molar-refractivity contribution is 4.61. The fraction of sp³-hybridized carbons (Fsp3) is 0.857. The van der Waals surface area contributed by atoms with E-state index in [1.54, 1.807) is 0 Å². The average Bonchev–Trinajstić information content (AvgIpc) is 1.90. The van der Waals surface area contributed by atoms with Crippen molar-refractivity contribution in [2.45, 2.75) is 20.3 Å². The van der Waals surface area contributed by atoms with Crippen molar-refractivity contribution >= 4 is 0 Å². The van der Waals surface area contributed by atoms with Gasteiger partial charge in [0.2, 0.25) is 0 Å². The summed E-state index contributed by atoms with van der Waals surface area (Å²) in [6, 6.07) is 0. The van der Waals surface area contributed by atoms with E-state index < -0.39 is 0 Å². The summed E-state index contributed by atoms with van der Waals surface area (Å²) in [5.74, 6) is 0. The number of hydrogen-bond donors (Lipinski definition) is 2. The predicted molar refractivity (Wildman–Crippen MR) is 44.0 cm³/mol. The van der Waals surface area contributed by atoms with Crippen molar-refractivity contribution in [1.82, 2.24) is 10.4 Å². The number of nitrogens with zero attached hydrogens (tertiary/aromatic N) is 1. The van der Waals surface area contributed by atoms with E-state index in [0.29, 0.717) is 6.67 Å². The fourth-order valence-corrected chi connectivity index (χ4v) is 0.854. The topological polar surface area (TPSA) is 41.3 Å². The molecule has 0 saturated carbocycles. The lowest BCUT2D eigenvalue weighted by Gasteiger charge is -2.20. The van der Waals surface area contributed by atoms with Crippen molar-refractivity contribution in [2.24, 2.45) is 5.73 Å². The number of hydrazine groups is 1. The van der Waals surface area contributed by atoms with E-state index >= 15 is 0 Å². The minimum atomic E-state index is 0.522. The van der Waals surface area contributed by atoms with Crippen LogP contribution in [0.3, 0.4) is 0 Å². The molecule has 0 aromatic rings. The number of rotatable bonds is 6. The maximum absolute atomic E-state index is 5.32. The molecule has 3 N–H and O–H groups in total. The van der Waals surface area contributed by atoms with Crippen LogP contribution in [-0.4, -0.2) is 24.8 Å². The van der Waals surface area contributed by atoms with Crippen LogP contribution >= 0.6 is 0 Å². The summed E-state index contributed by atoms with van der Waals surface area (Å²) in [4.78, 5) is 0. The van der Waals surface area contributed by atoms with Gasteiger partial charge in [0.05, 0.1) is 6.67 Å². The van der Waals surface area contributed by atoms with Gasteiger partial charge < -0.3 is 5.73 Å².